The molecule has 0 aliphatic heterocycles. The number of benzene rings is 2. The largest absolute Gasteiger partial charge is 0.459 e. The van der Waals surface area contributed by atoms with Crippen LogP contribution in [0.3, 0.4) is 0 Å². The Kier molecular flexibility index (Phi) is 5.63. The van der Waals surface area contributed by atoms with Crippen LogP contribution in [0.25, 0.3) is 11.3 Å². The third-order valence-electron chi connectivity index (χ3n) is 4.35. The SMILES string of the molecule is O=C(NCc1ccc(NC(=O)c2ccco2)cc1)c1cc(-c2cccc(Cl)c2)n[nH]1. The summed E-state index contributed by atoms with van der Waals surface area (Å²) in [6.45, 7) is 0.330. The Morgan fingerprint density at radius 1 is 1.00 bits per heavy atom. The summed E-state index contributed by atoms with van der Waals surface area (Å²) in [6.07, 6.45) is 1.44. The van der Waals surface area contributed by atoms with Gasteiger partial charge in [-0.25, -0.2) is 0 Å². The highest BCUT2D eigenvalue weighted by Crippen LogP contribution is 2.21. The number of anilines is 1. The monoisotopic (exact) mass is 420 g/mol. The van der Waals surface area contributed by atoms with Gasteiger partial charge in [-0.05, 0) is 48.0 Å². The van der Waals surface area contributed by atoms with Crippen molar-refractivity contribution in [3.63, 3.8) is 0 Å². The zero-order valence-electron chi connectivity index (χ0n) is 15.7. The molecule has 0 saturated heterocycles. The molecule has 7 nitrogen and oxygen atoms in total. The first-order chi connectivity index (χ1) is 14.6. The average molecular weight is 421 g/mol. The van der Waals surface area contributed by atoms with Crippen molar-refractivity contribution in [3.05, 3.63) is 95.0 Å². The number of aromatic amines is 1. The highest BCUT2D eigenvalue weighted by atomic mass is 35.5. The summed E-state index contributed by atoms with van der Waals surface area (Å²) < 4.78 is 5.06. The minimum absolute atomic E-state index is 0.239. The minimum Gasteiger partial charge on any atom is -0.459 e. The number of amides is 2. The van der Waals surface area contributed by atoms with Crippen LogP contribution in [0.5, 0.6) is 0 Å². The molecular formula is C22H17ClN4O3. The Morgan fingerprint density at radius 2 is 1.83 bits per heavy atom. The van der Waals surface area contributed by atoms with Crippen LogP contribution in [0, 0.1) is 0 Å². The van der Waals surface area contributed by atoms with Crippen molar-refractivity contribution in [2.45, 2.75) is 6.54 Å². The molecule has 2 aromatic carbocycles. The predicted molar refractivity (Wildman–Crippen MR) is 113 cm³/mol. The van der Waals surface area contributed by atoms with Crippen molar-refractivity contribution in [3.8, 4) is 11.3 Å². The van der Waals surface area contributed by atoms with E-state index in [1.54, 1.807) is 42.5 Å². The number of H-pyrrole nitrogens is 1. The van der Waals surface area contributed by atoms with Gasteiger partial charge in [-0.1, -0.05) is 35.9 Å². The van der Waals surface area contributed by atoms with E-state index < -0.39 is 0 Å². The highest BCUT2D eigenvalue weighted by Gasteiger charge is 2.12. The van der Waals surface area contributed by atoms with E-state index in [0.717, 1.165) is 11.1 Å². The number of rotatable bonds is 6. The fourth-order valence-corrected chi connectivity index (χ4v) is 3.01. The lowest BCUT2D eigenvalue weighted by atomic mass is 10.1. The molecule has 0 bridgehead atoms. The quantitative estimate of drug-likeness (QED) is 0.427. The summed E-state index contributed by atoms with van der Waals surface area (Å²) in [5.74, 6) is -0.357. The molecule has 0 aliphatic carbocycles. The van der Waals surface area contributed by atoms with Gasteiger partial charge in [0.05, 0.1) is 12.0 Å². The fourth-order valence-electron chi connectivity index (χ4n) is 2.82. The summed E-state index contributed by atoms with van der Waals surface area (Å²) in [6, 6.07) is 19.3. The van der Waals surface area contributed by atoms with Crippen molar-refractivity contribution in [2.75, 3.05) is 5.32 Å². The number of carbonyl (C=O) groups is 2. The molecule has 2 heterocycles. The lowest BCUT2D eigenvalue weighted by molar-refractivity contribution is 0.0945. The molecule has 0 aliphatic rings. The van der Waals surface area contributed by atoms with Crippen LogP contribution in [-0.2, 0) is 6.54 Å². The Hall–Kier alpha value is -3.84. The smallest absolute Gasteiger partial charge is 0.291 e. The molecule has 0 saturated carbocycles. The van der Waals surface area contributed by atoms with Crippen LogP contribution in [0.4, 0.5) is 5.69 Å². The Morgan fingerprint density at radius 3 is 2.57 bits per heavy atom. The third-order valence-corrected chi connectivity index (χ3v) is 4.59. The van der Waals surface area contributed by atoms with E-state index >= 15 is 0 Å². The molecule has 4 rings (SSSR count). The van der Waals surface area contributed by atoms with Gasteiger partial charge in [0.25, 0.3) is 11.8 Å². The van der Waals surface area contributed by atoms with Gasteiger partial charge in [-0.2, -0.15) is 5.10 Å². The lowest BCUT2D eigenvalue weighted by Gasteiger charge is -2.06. The van der Waals surface area contributed by atoms with Crippen molar-refractivity contribution < 1.29 is 14.0 Å². The lowest BCUT2D eigenvalue weighted by Crippen LogP contribution is -2.23. The number of aromatic nitrogens is 2. The fraction of sp³-hybridized carbons (Fsp3) is 0.0455. The van der Waals surface area contributed by atoms with Crippen LogP contribution in [0.2, 0.25) is 5.02 Å². The van der Waals surface area contributed by atoms with Crippen LogP contribution in [0.15, 0.2) is 77.4 Å². The van der Waals surface area contributed by atoms with E-state index in [1.807, 2.05) is 24.3 Å². The number of nitrogens with one attached hydrogen (secondary N) is 3. The van der Waals surface area contributed by atoms with Gasteiger partial charge in [-0.3, -0.25) is 14.7 Å². The molecule has 0 spiro atoms. The second-order valence-corrected chi connectivity index (χ2v) is 6.92. The maximum absolute atomic E-state index is 12.4. The van der Waals surface area contributed by atoms with E-state index in [4.69, 9.17) is 16.0 Å². The van der Waals surface area contributed by atoms with Crippen molar-refractivity contribution in [2.24, 2.45) is 0 Å². The molecule has 4 aromatic rings. The van der Waals surface area contributed by atoms with Gasteiger partial charge >= 0.3 is 0 Å². The molecule has 2 aromatic heterocycles. The maximum atomic E-state index is 12.4. The van der Waals surface area contributed by atoms with Gasteiger partial charge in [0.2, 0.25) is 0 Å². The van der Waals surface area contributed by atoms with Crippen molar-refractivity contribution in [1.29, 1.82) is 0 Å². The van der Waals surface area contributed by atoms with Gasteiger partial charge in [-0.15, -0.1) is 0 Å². The average Bonchev–Trinajstić information content (AvgIpc) is 3.45. The maximum Gasteiger partial charge on any atom is 0.291 e. The second kappa shape index (κ2) is 8.67. The first-order valence-corrected chi connectivity index (χ1v) is 9.49. The zero-order chi connectivity index (χ0) is 20.9. The van der Waals surface area contributed by atoms with Crippen LogP contribution in [-0.4, -0.2) is 22.0 Å². The van der Waals surface area contributed by atoms with Crippen LogP contribution >= 0.6 is 11.6 Å². The van der Waals surface area contributed by atoms with Crippen molar-refractivity contribution >= 4 is 29.1 Å². The molecule has 0 fully saturated rings. The standard InChI is InChI=1S/C22H17ClN4O3/c23-16-4-1-3-15(11-16)18-12-19(27-26-18)21(28)24-13-14-6-8-17(9-7-14)25-22(29)20-5-2-10-30-20/h1-12H,13H2,(H,24,28)(H,25,29)(H,26,27). The number of hydrogen-bond donors (Lipinski definition) is 3. The number of hydrogen-bond acceptors (Lipinski definition) is 4. The summed E-state index contributed by atoms with van der Waals surface area (Å²) in [5.41, 5.74) is 3.33. The Labute approximate surface area is 177 Å². The number of halogens is 1. The first-order valence-electron chi connectivity index (χ1n) is 9.12. The molecule has 0 atom stereocenters. The van der Waals surface area contributed by atoms with E-state index in [9.17, 15) is 9.59 Å². The number of carbonyl (C=O) groups excluding carboxylic acids is 2. The second-order valence-electron chi connectivity index (χ2n) is 6.49. The minimum atomic E-state index is -0.323. The molecule has 0 radical (unpaired) electrons. The summed E-state index contributed by atoms with van der Waals surface area (Å²) >= 11 is 6.00. The summed E-state index contributed by atoms with van der Waals surface area (Å²) in [5, 5.41) is 13.1. The predicted octanol–water partition coefficient (Wildman–Crippen LogP) is 4.51. The Bertz CT molecular complexity index is 1170. The molecule has 30 heavy (non-hydrogen) atoms. The molecule has 150 valence electrons. The Balaban J connectivity index is 1.33. The molecule has 3 N–H and O–H groups in total. The highest BCUT2D eigenvalue weighted by molar-refractivity contribution is 6.30. The molecule has 2 amide bonds. The molecule has 8 heteroatoms. The van der Waals surface area contributed by atoms with Gasteiger partial charge in [0.1, 0.15) is 5.69 Å². The van der Waals surface area contributed by atoms with E-state index in [-0.39, 0.29) is 17.6 Å². The van der Waals surface area contributed by atoms with Gasteiger partial charge in [0, 0.05) is 22.8 Å². The number of furan rings is 1. The van der Waals surface area contributed by atoms with Crippen LogP contribution < -0.4 is 10.6 Å². The number of nitrogens with zero attached hydrogens (tertiary/aromatic N) is 1. The van der Waals surface area contributed by atoms with E-state index in [1.165, 1.54) is 6.26 Å². The molecular weight excluding hydrogens is 404 g/mol. The van der Waals surface area contributed by atoms with Gasteiger partial charge < -0.3 is 15.1 Å². The topological polar surface area (TPSA) is 100 Å². The summed E-state index contributed by atoms with van der Waals surface area (Å²) in [7, 11) is 0. The van der Waals surface area contributed by atoms with E-state index in [2.05, 4.69) is 20.8 Å². The van der Waals surface area contributed by atoms with Gasteiger partial charge in [0.15, 0.2) is 5.76 Å². The summed E-state index contributed by atoms with van der Waals surface area (Å²) in [4.78, 5) is 24.4. The third kappa shape index (κ3) is 4.59. The normalized spacial score (nSPS) is 10.6. The van der Waals surface area contributed by atoms with E-state index in [0.29, 0.717) is 28.6 Å². The van der Waals surface area contributed by atoms with Crippen molar-refractivity contribution in [1.82, 2.24) is 15.5 Å². The first kappa shape index (κ1) is 19.5. The molecule has 0 unspecified atom stereocenters. The van der Waals surface area contributed by atoms with Crippen LogP contribution in [0.1, 0.15) is 26.6 Å². The zero-order valence-corrected chi connectivity index (χ0v) is 16.4.